The normalized spacial score (nSPS) is 12.3. The summed E-state index contributed by atoms with van der Waals surface area (Å²) in [6, 6.07) is 5.16. The number of hydrogen-bond acceptors (Lipinski definition) is 7. The number of hydrogen-bond donors (Lipinski definition) is 1. The second kappa shape index (κ2) is 12.1. The Morgan fingerprint density at radius 1 is 1.22 bits per heavy atom. The predicted molar refractivity (Wildman–Crippen MR) is 130 cm³/mol. The third-order valence-electron chi connectivity index (χ3n) is 5.91. The number of methoxy groups -OCH3 is 1. The fraction of sp³-hybridized carbons (Fsp3) is 0.333. The van der Waals surface area contributed by atoms with Gasteiger partial charge in [0.25, 0.3) is 10.4 Å². The van der Waals surface area contributed by atoms with Crippen molar-refractivity contribution in [3.8, 4) is 11.5 Å². The molecule has 1 N–H and O–H groups in total. The molecule has 9 nitrogen and oxygen atoms in total. The molecular formula is C24H24ClFNNaO8S. The maximum atomic E-state index is 14.9. The summed E-state index contributed by atoms with van der Waals surface area (Å²) in [5, 5.41) is 9.06. The predicted octanol–water partition coefficient (Wildman–Crippen LogP) is 1.54. The van der Waals surface area contributed by atoms with Crippen molar-refractivity contribution in [3.05, 3.63) is 68.2 Å². The zero-order valence-electron chi connectivity index (χ0n) is 20.9. The van der Waals surface area contributed by atoms with Crippen LogP contribution in [-0.2, 0) is 16.8 Å². The van der Waals surface area contributed by atoms with E-state index in [0.717, 1.165) is 6.07 Å². The van der Waals surface area contributed by atoms with Crippen molar-refractivity contribution in [2.24, 2.45) is 5.92 Å². The van der Waals surface area contributed by atoms with Gasteiger partial charge in [-0.2, -0.15) is 0 Å². The number of carboxylic acids is 1. The summed E-state index contributed by atoms with van der Waals surface area (Å²) < 4.78 is 58.9. The van der Waals surface area contributed by atoms with Gasteiger partial charge in [0, 0.05) is 30.1 Å². The third-order valence-corrected chi connectivity index (χ3v) is 6.65. The minimum atomic E-state index is -5.16. The molecule has 37 heavy (non-hydrogen) atoms. The average Bonchev–Trinajstić information content (AvgIpc) is 2.79. The van der Waals surface area contributed by atoms with Crippen LogP contribution in [0.15, 0.2) is 35.3 Å². The van der Waals surface area contributed by atoms with Crippen molar-refractivity contribution in [3.63, 3.8) is 0 Å². The van der Waals surface area contributed by atoms with Crippen molar-refractivity contribution in [2.45, 2.75) is 39.7 Å². The van der Waals surface area contributed by atoms with E-state index >= 15 is 0 Å². The van der Waals surface area contributed by atoms with E-state index in [9.17, 15) is 32.1 Å². The smallest absolute Gasteiger partial charge is 0.716 e. The minimum Gasteiger partial charge on any atom is -0.716 e. The van der Waals surface area contributed by atoms with Crippen LogP contribution in [0.3, 0.4) is 0 Å². The first-order chi connectivity index (χ1) is 16.8. The van der Waals surface area contributed by atoms with Crippen LogP contribution in [0.5, 0.6) is 11.5 Å². The van der Waals surface area contributed by atoms with Gasteiger partial charge in [0.05, 0.1) is 12.6 Å². The molecule has 1 atom stereocenters. The molecule has 0 bridgehead atoms. The number of pyridine rings is 1. The molecule has 0 unspecified atom stereocenters. The number of aromatic nitrogens is 1. The van der Waals surface area contributed by atoms with Crippen LogP contribution in [0.2, 0.25) is 5.02 Å². The van der Waals surface area contributed by atoms with E-state index in [2.05, 4.69) is 4.18 Å². The van der Waals surface area contributed by atoms with E-state index in [4.69, 9.17) is 16.3 Å². The molecule has 0 amide bonds. The Balaban J connectivity index is 0.00000481. The van der Waals surface area contributed by atoms with E-state index in [1.54, 1.807) is 10.6 Å². The molecule has 194 valence electrons. The first-order valence-electron chi connectivity index (χ1n) is 10.9. The molecule has 2 aromatic carbocycles. The van der Waals surface area contributed by atoms with E-state index < -0.39 is 43.9 Å². The summed E-state index contributed by atoms with van der Waals surface area (Å²) in [6.07, 6.45) is 1.87. The summed E-state index contributed by atoms with van der Waals surface area (Å²) in [6.45, 7) is 5.93. The van der Waals surface area contributed by atoms with Crippen molar-refractivity contribution >= 4 is 38.9 Å². The molecule has 1 heterocycles. The molecule has 0 aliphatic carbocycles. The summed E-state index contributed by atoms with van der Waals surface area (Å²) >= 11 is 5.87. The summed E-state index contributed by atoms with van der Waals surface area (Å²) in [5.41, 5.74) is -0.272. The van der Waals surface area contributed by atoms with Crippen molar-refractivity contribution < 1.29 is 65.7 Å². The SMILES string of the molecule is CC[C@H](C(C)C)n1cc(C(=O)O)c(=O)c2cc(Cc3ccc(OS(=O)(=O)[O-])c(Cl)c3F)c(OC)cc21.[Na+]. The number of carbonyl (C=O) groups is 1. The number of ether oxygens (including phenoxy) is 1. The van der Waals surface area contributed by atoms with Crippen molar-refractivity contribution in [1.82, 2.24) is 4.57 Å². The van der Waals surface area contributed by atoms with Crippen LogP contribution in [0.25, 0.3) is 10.9 Å². The molecule has 0 radical (unpaired) electrons. The maximum absolute atomic E-state index is 14.9. The zero-order chi connectivity index (χ0) is 26.9. The van der Waals surface area contributed by atoms with Crippen LogP contribution in [0.4, 0.5) is 4.39 Å². The second-order valence-corrected chi connectivity index (χ2v) is 9.87. The van der Waals surface area contributed by atoms with Crippen LogP contribution in [0.1, 0.15) is 54.7 Å². The molecule has 3 rings (SSSR count). The number of benzene rings is 2. The summed E-state index contributed by atoms with van der Waals surface area (Å²) in [4.78, 5) is 24.9. The molecule has 0 saturated heterocycles. The molecule has 0 saturated carbocycles. The third kappa shape index (κ3) is 6.65. The fourth-order valence-electron chi connectivity index (χ4n) is 4.25. The van der Waals surface area contributed by atoms with E-state index in [1.807, 2.05) is 20.8 Å². The first-order valence-corrected chi connectivity index (χ1v) is 12.6. The van der Waals surface area contributed by atoms with Gasteiger partial charge >= 0.3 is 35.5 Å². The largest absolute Gasteiger partial charge is 1.00 e. The van der Waals surface area contributed by atoms with Gasteiger partial charge in [0.1, 0.15) is 22.2 Å². The molecular weight excluding hydrogens is 540 g/mol. The van der Waals surface area contributed by atoms with Gasteiger partial charge in [-0.1, -0.05) is 38.4 Å². The van der Waals surface area contributed by atoms with E-state index in [0.29, 0.717) is 23.3 Å². The fourth-order valence-corrected chi connectivity index (χ4v) is 4.88. The number of rotatable bonds is 9. The molecule has 0 aliphatic heterocycles. The first kappa shape index (κ1) is 31.1. The van der Waals surface area contributed by atoms with Crippen LogP contribution >= 0.6 is 11.6 Å². The molecule has 0 aliphatic rings. The molecule has 3 aromatic rings. The van der Waals surface area contributed by atoms with Gasteiger partial charge in [0.15, 0.2) is 5.75 Å². The van der Waals surface area contributed by atoms with Gasteiger partial charge in [-0.15, -0.1) is 0 Å². The standard InChI is InChI=1S/C24H25ClFNO8S.Na/c1-5-17(12(2)3)27-11-16(24(29)30)23(28)15-9-14(20(34-4)10-18(15)27)8-13-6-7-19(21(25)22(13)26)35-36(31,32)33;/h6-7,9-12,17H,5,8H2,1-4H3,(H,29,30)(H,31,32,33);/q;+1/p-1/t17-;/m1./s1. The van der Waals surface area contributed by atoms with Gasteiger partial charge in [-0.05, 0) is 35.6 Å². The van der Waals surface area contributed by atoms with E-state index in [1.165, 1.54) is 25.4 Å². The monoisotopic (exact) mass is 563 g/mol. The minimum absolute atomic E-state index is 0. The van der Waals surface area contributed by atoms with Gasteiger partial charge in [0.2, 0.25) is 5.43 Å². The number of aromatic carboxylic acids is 1. The van der Waals surface area contributed by atoms with Gasteiger partial charge in [-0.25, -0.2) is 17.6 Å². The molecule has 0 spiro atoms. The van der Waals surface area contributed by atoms with Crippen LogP contribution in [0, 0.1) is 11.7 Å². The maximum Gasteiger partial charge on any atom is 1.00 e. The number of carboxylic acid groups (broad SMARTS) is 1. The number of fused-ring (bicyclic) bond motifs is 1. The Morgan fingerprint density at radius 2 is 1.86 bits per heavy atom. The molecule has 0 fully saturated rings. The Bertz CT molecular complexity index is 1510. The van der Waals surface area contributed by atoms with Crippen LogP contribution in [-0.4, -0.2) is 35.7 Å². The Morgan fingerprint density at radius 3 is 2.38 bits per heavy atom. The summed E-state index contributed by atoms with van der Waals surface area (Å²) in [7, 11) is -3.76. The quantitative estimate of drug-likeness (QED) is 0.235. The van der Waals surface area contributed by atoms with Gasteiger partial charge in [-0.3, -0.25) is 4.79 Å². The number of nitrogens with zero attached hydrogens (tertiary/aromatic N) is 1. The molecule has 13 heteroatoms. The van der Waals surface area contributed by atoms with Crippen molar-refractivity contribution in [1.29, 1.82) is 0 Å². The zero-order valence-corrected chi connectivity index (χ0v) is 24.4. The Labute approximate surface area is 240 Å². The Kier molecular flexibility index (Phi) is 10.2. The number of halogens is 2. The van der Waals surface area contributed by atoms with Gasteiger partial charge < -0.3 is 23.1 Å². The molecule has 1 aromatic heterocycles. The second-order valence-electron chi connectivity index (χ2n) is 8.50. The average molecular weight is 564 g/mol. The summed E-state index contributed by atoms with van der Waals surface area (Å²) in [5.74, 6) is -2.61. The van der Waals surface area contributed by atoms with Crippen molar-refractivity contribution in [2.75, 3.05) is 7.11 Å². The van der Waals surface area contributed by atoms with Crippen LogP contribution < -0.4 is 43.9 Å². The topological polar surface area (TPSA) is 135 Å². The Hall–Kier alpha value is -2.15. The van der Waals surface area contributed by atoms with E-state index in [-0.39, 0.29) is 58.9 Å².